The smallest absolute Gasteiger partial charge is 0.238 e. The molecular formula is C13H15N3O2S. The summed E-state index contributed by atoms with van der Waals surface area (Å²) in [5.74, 6) is 0.983. The lowest BCUT2D eigenvalue weighted by Gasteiger charge is -2.10. The molecule has 1 amide bonds. The number of thioether (sulfide) groups is 1. The highest BCUT2D eigenvalue weighted by Gasteiger charge is 2.15. The van der Waals surface area contributed by atoms with Crippen LogP contribution in [0.15, 0.2) is 39.8 Å². The molecule has 0 aliphatic rings. The molecule has 0 saturated carbocycles. The average molecular weight is 277 g/mol. The number of anilines is 2. The topological polar surface area (TPSA) is 81.2 Å². The summed E-state index contributed by atoms with van der Waals surface area (Å²) in [5, 5.41) is 6.19. The number of carbonyl (C=O) groups is 1. The van der Waals surface area contributed by atoms with Gasteiger partial charge in [0, 0.05) is 16.6 Å². The molecule has 0 radical (unpaired) electrons. The van der Waals surface area contributed by atoms with E-state index in [-0.39, 0.29) is 11.2 Å². The monoisotopic (exact) mass is 277 g/mol. The summed E-state index contributed by atoms with van der Waals surface area (Å²) in [7, 11) is 0. The van der Waals surface area contributed by atoms with Gasteiger partial charge in [-0.3, -0.25) is 4.79 Å². The molecule has 0 spiro atoms. The number of carbonyl (C=O) groups excluding carboxylic acids is 1. The second kappa shape index (κ2) is 5.79. The van der Waals surface area contributed by atoms with Gasteiger partial charge in [0.25, 0.3) is 0 Å². The summed E-state index contributed by atoms with van der Waals surface area (Å²) in [6.07, 6.45) is 0. The van der Waals surface area contributed by atoms with Crippen LogP contribution in [0.2, 0.25) is 0 Å². The summed E-state index contributed by atoms with van der Waals surface area (Å²) >= 11 is 1.46. The second-order valence-electron chi connectivity index (χ2n) is 4.14. The van der Waals surface area contributed by atoms with Gasteiger partial charge in [0.2, 0.25) is 5.91 Å². The van der Waals surface area contributed by atoms with Crippen molar-refractivity contribution >= 4 is 29.2 Å². The number of aromatic nitrogens is 1. The highest BCUT2D eigenvalue weighted by atomic mass is 32.2. The van der Waals surface area contributed by atoms with Crippen LogP contribution in [0, 0.1) is 6.92 Å². The fourth-order valence-electron chi connectivity index (χ4n) is 1.46. The van der Waals surface area contributed by atoms with Crippen molar-refractivity contribution in [2.24, 2.45) is 0 Å². The van der Waals surface area contributed by atoms with Crippen LogP contribution in [0.1, 0.15) is 12.7 Å². The molecule has 5 nitrogen and oxygen atoms in total. The highest BCUT2D eigenvalue weighted by molar-refractivity contribution is 8.00. The van der Waals surface area contributed by atoms with Gasteiger partial charge in [0.15, 0.2) is 5.82 Å². The lowest BCUT2D eigenvalue weighted by Crippen LogP contribution is -2.22. The fourth-order valence-corrected chi connectivity index (χ4v) is 2.32. The Hall–Kier alpha value is -1.95. The Morgan fingerprint density at radius 1 is 1.42 bits per heavy atom. The van der Waals surface area contributed by atoms with Crippen LogP contribution in [0.25, 0.3) is 0 Å². The van der Waals surface area contributed by atoms with E-state index in [0.29, 0.717) is 17.3 Å². The highest BCUT2D eigenvalue weighted by Crippen LogP contribution is 2.24. The van der Waals surface area contributed by atoms with Crippen molar-refractivity contribution in [2.45, 2.75) is 24.0 Å². The van der Waals surface area contributed by atoms with Gasteiger partial charge in [-0.25, -0.2) is 0 Å². The summed E-state index contributed by atoms with van der Waals surface area (Å²) in [4.78, 5) is 12.9. The van der Waals surface area contributed by atoms with Crippen molar-refractivity contribution in [3.8, 4) is 0 Å². The molecule has 1 aromatic carbocycles. The molecule has 1 atom stereocenters. The van der Waals surface area contributed by atoms with Gasteiger partial charge in [-0.1, -0.05) is 5.16 Å². The molecule has 1 unspecified atom stereocenters. The largest absolute Gasteiger partial charge is 0.399 e. The van der Waals surface area contributed by atoms with Gasteiger partial charge in [0.05, 0.1) is 5.25 Å². The van der Waals surface area contributed by atoms with E-state index in [4.69, 9.17) is 10.3 Å². The first-order valence-corrected chi connectivity index (χ1v) is 6.69. The van der Waals surface area contributed by atoms with Crippen molar-refractivity contribution < 1.29 is 9.32 Å². The zero-order chi connectivity index (χ0) is 13.8. The molecule has 1 heterocycles. The van der Waals surface area contributed by atoms with E-state index in [1.165, 1.54) is 11.8 Å². The Balaban J connectivity index is 1.94. The zero-order valence-electron chi connectivity index (χ0n) is 10.7. The zero-order valence-corrected chi connectivity index (χ0v) is 11.5. The first kappa shape index (κ1) is 13.5. The minimum absolute atomic E-state index is 0.116. The minimum atomic E-state index is -0.236. The number of nitrogens with zero attached hydrogens (tertiary/aromatic N) is 1. The molecule has 0 aliphatic carbocycles. The van der Waals surface area contributed by atoms with Crippen LogP contribution in [-0.2, 0) is 4.79 Å². The maximum Gasteiger partial charge on any atom is 0.238 e. The van der Waals surface area contributed by atoms with E-state index in [0.717, 1.165) is 4.90 Å². The average Bonchev–Trinajstić information content (AvgIpc) is 2.77. The van der Waals surface area contributed by atoms with Crippen molar-refractivity contribution in [3.63, 3.8) is 0 Å². The fraction of sp³-hybridized carbons (Fsp3) is 0.231. The van der Waals surface area contributed by atoms with Crippen LogP contribution in [0.3, 0.4) is 0 Å². The molecule has 3 N–H and O–H groups in total. The Bertz CT molecular complexity index is 566. The number of amides is 1. The van der Waals surface area contributed by atoms with Crippen molar-refractivity contribution in [3.05, 3.63) is 36.1 Å². The number of hydrogen-bond donors (Lipinski definition) is 2. The molecule has 0 bridgehead atoms. The van der Waals surface area contributed by atoms with Gasteiger partial charge >= 0.3 is 0 Å². The molecule has 1 aromatic heterocycles. The molecule has 0 saturated heterocycles. The number of benzene rings is 1. The van der Waals surface area contributed by atoms with E-state index in [1.54, 1.807) is 13.0 Å². The third kappa shape index (κ3) is 3.75. The van der Waals surface area contributed by atoms with Crippen molar-refractivity contribution in [1.29, 1.82) is 0 Å². The maximum atomic E-state index is 12.0. The van der Waals surface area contributed by atoms with Gasteiger partial charge in [-0.05, 0) is 38.1 Å². The summed E-state index contributed by atoms with van der Waals surface area (Å²) in [6.45, 7) is 3.61. The number of aryl methyl sites for hydroxylation is 1. The number of nitrogens with one attached hydrogen (secondary N) is 1. The molecule has 2 rings (SSSR count). The van der Waals surface area contributed by atoms with E-state index in [2.05, 4.69) is 10.5 Å². The second-order valence-corrected chi connectivity index (χ2v) is 5.56. The Kier molecular flexibility index (Phi) is 4.11. The third-order valence-electron chi connectivity index (χ3n) is 2.44. The normalized spacial score (nSPS) is 12.1. The van der Waals surface area contributed by atoms with Gasteiger partial charge < -0.3 is 15.6 Å². The van der Waals surface area contributed by atoms with E-state index < -0.39 is 0 Å². The summed E-state index contributed by atoms with van der Waals surface area (Å²) in [6, 6.07) is 9.09. The van der Waals surface area contributed by atoms with Crippen LogP contribution in [-0.4, -0.2) is 16.3 Å². The molecule has 2 aromatic rings. The number of nitrogen functional groups attached to an aromatic ring is 1. The molecule has 100 valence electrons. The van der Waals surface area contributed by atoms with Gasteiger partial charge in [0.1, 0.15) is 5.76 Å². The standard InChI is InChI=1S/C13H15N3O2S/c1-8-7-12(16-18-8)15-13(17)9(2)19-11-5-3-10(14)4-6-11/h3-7,9H,14H2,1-2H3,(H,15,16,17). The van der Waals surface area contributed by atoms with Crippen LogP contribution in [0.4, 0.5) is 11.5 Å². The van der Waals surface area contributed by atoms with Crippen LogP contribution < -0.4 is 11.1 Å². The Morgan fingerprint density at radius 2 is 2.11 bits per heavy atom. The lowest BCUT2D eigenvalue weighted by atomic mass is 10.3. The number of nitrogens with two attached hydrogens (primary N) is 1. The van der Waals surface area contributed by atoms with Gasteiger partial charge in [-0.2, -0.15) is 0 Å². The van der Waals surface area contributed by atoms with E-state index in [1.807, 2.05) is 31.2 Å². The lowest BCUT2D eigenvalue weighted by molar-refractivity contribution is -0.115. The van der Waals surface area contributed by atoms with E-state index >= 15 is 0 Å². The first-order valence-electron chi connectivity index (χ1n) is 5.81. The maximum absolute atomic E-state index is 12.0. The van der Waals surface area contributed by atoms with Crippen molar-refractivity contribution in [1.82, 2.24) is 5.16 Å². The summed E-state index contributed by atoms with van der Waals surface area (Å²) in [5.41, 5.74) is 6.32. The number of hydrogen-bond acceptors (Lipinski definition) is 5. The van der Waals surface area contributed by atoms with Crippen LogP contribution in [0.5, 0.6) is 0 Å². The number of rotatable bonds is 4. The predicted molar refractivity (Wildman–Crippen MR) is 76.0 cm³/mol. The molecule has 0 fully saturated rings. The molecule has 19 heavy (non-hydrogen) atoms. The first-order chi connectivity index (χ1) is 9.04. The SMILES string of the molecule is Cc1cc(NC(=O)C(C)Sc2ccc(N)cc2)no1. The third-order valence-corrected chi connectivity index (χ3v) is 3.55. The Morgan fingerprint density at radius 3 is 2.68 bits per heavy atom. The predicted octanol–water partition coefficient (Wildman–Crippen LogP) is 2.68. The summed E-state index contributed by atoms with van der Waals surface area (Å²) < 4.78 is 4.89. The quantitative estimate of drug-likeness (QED) is 0.663. The molecule has 6 heteroatoms. The molecule has 0 aliphatic heterocycles. The Labute approximate surface area is 115 Å². The van der Waals surface area contributed by atoms with Crippen molar-refractivity contribution in [2.75, 3.05) is 11.1 Å². The molecular weight excluding hydrogens is 262 g/mol. The van der Waals surface area contributed by atoms with E-state index in [9.17, 15) is 4.79 Å². The van der Waals surface area contributed by atoms with Gasteiger partial charge in [-0.15, -0.1) is 11.8 Å². The minimum Gasteiger partial charge on any atom is -0.399 e. The van der Waals surface area contributed by atoms with Crippen LogP contribution >= 0.6 is 11.8 Å².